The maximum Gasteiger partial charge on any atom is 0.307 e. The maximum absolute atomic E-state index is 14.2. The largest absolute Gasteiger partial charge is 0.307 e. The summed E-state index contributed by atoms with van der Waals surface area (Å²) in [4.78, 5) is 27.2. The predicted octanol–water partition coefficient (Wildman–Crippen LogP) is 5.48. The van der Waals surface area contributed by atoms with Crippen LogP contribution in [0.15, 0.2) is 68.9 Å². The molecule has 9 nitrogen and oxygen atoms in total. The lowest BCUT2D eigenvalue weighted by atomic mass is 10.2. The van der Waals surface area contributed by atoms with Gasteiger partial charge in [-0.2, -0.15) is 9.07 Å². The number of nitrogens with one attached hydrogen (secondary N) is 1. The third kappa shape index (κ3) is 4.27. The fraction of sp³-hybridized carbons (Fsp3) is 0.0526. The molecule has 0 amide bonds. The molecule has 0 aliphatic heterocycles. The monoisotopic (exact) mass is 460 g/mol. The fourth-order valence-corrected chi connectivity index (χ4v) is 3.52. The van der Waals surface area contributed by atoms with Crippen molar-refractivity contribution in [3.63, 3.8) is 0 Å². The molecule has 0 saturated heterocycles. The predicted molar refractivity (Wildman–Crippen MR) is 117 cm³/mol. The number of nitro groups is 1. The van der Waals surface area contributed by atoms with E-state index < -0.39 is 22.0 Å². The van der Waals surface area contributed by atoms with Gasteiger partial charge in [0.05, 0.1) is 16.3 Å². The molecule has 0 saturated carbocycles. The molecule has 0 unspecified atom stereocenters. The Kier molecular flexibility index (Phi) is 6.37. The second-order valence-corrected chi connectivity index (χ2v) is 7.01. The fourth-order valence-electron chi connectivity index (χ4n) is 2.73. The number of nitrogens with zero attached hydrogens (tertiary/aromatic N) is 5. The molecule has 0 aliphatic carbocycles. The molecular formula is C19H14ClFN6O3S. The molecule has 0 atom stereocenters. The van der Waals surface area contributed by atoms with Gasteiger partial charge in [0.1, 0.15) is 5.69 Å². The van der Waals surface area contributed by atoms with Crippen molar-refractivity contribution in [2.45, 2.75) is 6.92 Å². The van der Waals surface area contributed by atoms with Crippen LogP contribution in [-0.4, -0.2) is 19.7 Å². The molecular weight excluding hydrogens is 447 g/mol. The highest BCUT2D eigenvalue weighted by Gasteiger charge is 2.19. The number of halogens is 2. The molecule has 0 aliphatic rings. The number of thiazole rings is 1. The molecule has 0 spiro atoms. The van der Waals surface area contributed by atoms with Gasteiger partial charge in [-0.15, -0.1) is 34.0 Å². The van der Waals surface area contributed by atoms with E-state index in [-0.39, 0.29) is 23.8 Å². The summed E-state index contributed by atoms with van der Waals surface area (Å²) in [5.74, 6) is -1.12. The second kappa shape index (κ2) is 8.98. The Balaban J connectivity index is 0.00000272. The summed E-state index contributed by atoms with van der Waals surface area (Å²) in [6.45, 7) is 1.61. The van der Waals surface area contributed by atoms with Crippen molar-refractivity contribution in [2.75, 3.05) is 0 Å². The van der Waals surface area contributed by atoms with Crippen molar-refractivity contribution >= 4 is 40.8 Å². The summed E-state index contributed by atoms with van der Waals surface area (Å²) in [7, 11) is 0. The minimum absolute atomic E-state index is 0. The van der Waals surface area contributed by atoms with Gasteiger partial charge in [0.25, 0.3) is 0 Å². The van der Waals surface area contributed by atoms with Crippen LogP contribution in [-0.2, 0) is 0 Å². The van der Waals surface area contributed by atoms with Crippen LogP contribution in [0.4, 0.5) is 21.5 Å². The first kappa shape index (κ1) is 22.0. The van der Waals surface area contributed by atoms with E-state index in [9.17, 15) is 19.3 Å². The summed E-state index contributed by atoms with van der Waals surface area (Å²) in [5.41, 5.74) is 0.413. The van der Waals surface area contributed by atoms with Gasteiger partial charge < -0.3 is 0 Å². The van der Waals surface area contributed by atoms with E-state index in [1.165, 1.54) is 28.2 Å². The normalized spacial score (nSPS) is 10.9. The lowest BCUT2D eigenvalue weighted by molar-refractivity contribution is -0.387. The summed E-state index contributed by atoms with van der Waals surface area (Å²) in [5, 5.41) is 23.5. The molecule has 2 aromatic carbocycles. The number of aromatic nitrogens is 3. The first-order valence-electron chi connectivity index (χ1n) is 8.63. The Morgan fingerprint density at radius 1 is 1.16 bits per heavy atom. The number of aromatic amines is 1. The summed E-state index contributed by atoms with van der Waals surface area (Å²) in [6, 6.07) is 13.1. The number of H-pyrrole nitrogens is 1. The average Bonchev–Trinajstić information content (AvgIpc) is 3.33. The maximum atomic E-state index is 14.2. The third-order valence-electron chi connectivity index (χ3n) is 4.21. The standard InChI is InChI=1S/C19H13FN6O3S.ClH/c1-11-17(23-22-13-8-5-9-15(16(13)20)26(28)29)18(27)25(24-11)19-21-14(10-30-19)12-6-3-2-4-7-12;/h2-10,24H,1H3;1H. The number of hydrogen-bond donors (Lipinski definition) is 1. The van der Waals surface area contributed by atoms with Crippen LogP contribution in [0, 0.1) is 22.9 Å². The summed E-state index contributed by atoms with van der Waals surface area (Å²) in [6.07, 6.45) is 0. The first-order valence-corrected chi connectivity index (χ1v) is 9.51. The Morgan fingerprint density at radius 2 is 1.90 bits per heavy atom. The number of azo groups is 1. The molecule has 1 N–H and O–H groups in total. The van der Waals surface area contributed by atoms with Gasteiger partial charge in [-0.25, -0.2) is 4.98 Å². The van der Waals surface area contributed by atoms with Gasteiger partial charge in [-0.1, -0.05) is 36.4 Å². The zero-order valence-corrected chi connectivity index (χ0v) is 17.5. The van der Waals surface area contributed by atoms with Gasteiger partial charge in [0.15, 0.2) is 5.69 Å². The number of hydrogen-bond acceptors (Lipinski definition) is 7. The lowest BCUT2D eigenvalue weighted by Crippen LogP contribution is -2.13. The first-order chi connectivity index (χ1) is 14.5. The van der Waals surface area contributed by atoms with E-state index >= 15 is 0 Å². The molecule has 0 bridgehead atoms. The number of aryl methyl sites for hydroxylation is 1. The molecule has 4 aromatic rings. The number of nitro benzene ring substituents is 1. The van der Waals surface area contributed by atoms with Crippen molar-refractivity contribution in [1.82, 2.24) is 14.8 Å². The molecule has 12 heteroatoms. The molecule has 2 heterocycles. The van der Waals surface area contributed by atoms with Gasteiger partial charge in [0, 0.05) is 17.0 Å². The van der Waals surface area contributed by atoms with E-state index in [2.05, 4.69) is 20.3 Å². The molecule has 0 radical (unpaired) electrons. The van der Waals surface area contributed by atoms with Gasteiger partial charge in [0.2, 0.25) is 10.9 Å². The van der Waals surface area contributed by atoms with E-state index in [0.29, 0.717) is 10.8 Å². The van der Waals surface area contributed by atoms with Crippen molar-refractivity contribution in [1.29, 1.82) is 0 Å². The topological polar surface area (TPSA) is 119 Å². The molecule has 2 aromatic heterocycles. The second-order valence-electron chi connectivity index (χ2n) is 6.17. The van der Waals surface area contributed by atoms with Gasteiger partial charge >= 0.3 is 11.2 Å². The quantitative estimate of drug-likeness (QED) is 0.241. The highest BCUT2D eigenvalue weighted by atomic mass is 35.5. The van der Waals surface area contributed by atoms with Gasteiger partial charge in [-0.05, 0) is 13.0 Å². The minimum Gasteiger partial charge on any atom is -0.291 e. The zero-order chi connectivity index (χ0) is 21.3. The van der Waals surface area contributed by atoms with Crippen LogP contribution in [0.1, 0.15) is 5.69 Å². The Bertz CT molecular complexity index is 1330. The lowest BCUT2D eigenvalue weighted by Gasteiger charge is -1.96. The van der Waals surface area contributed by atoms with E-state index in [1.807, 2.05) is 35.7 Å². The molecule has 31 heavy (non-hydrogen) atoms. The highest BCUT2D eigenvalue weighted by molar-refractivity contribution is 7.12. The van der Waals surface area contributed by atoms with Gasteiger partial charge in [-0.3, -0.25) is 20.0 Å². The van der Waals surface area contributed by atoms with Crippen molar-refractivity contribution in [2.24, 2.45) is 10.2 Å². The van der Waals surface area contributed by atoms with Crippen LogP contribution in [0.3, 0.4) is 0 Å². The summed E-state index contributed by atoms with van der Waals surface area (Å²) < 4.78 is 15.4. The third-order valence-corrected chi connectivity index (χ3v) is 5.03. The van der Waals surface area contributed by atoms with Crippen molar-refractivity contribution in [3.8, 4) is 16.4 Å². The van der Waals surface area contributed by atoms with Crippen molar-refractivity contribution in [3.05, 3.63) is 85.9 Å². The smallest absolute Gasteiger partial charge is 0.291 e. The Labute approximate surface area is 184 Å². The number of benzene rings is 2. The van der Waals surface area contributed by atoms with Crippen LogP contribution in [0.2, 0.25) is 0 Å². The average molecular weight is 461 g/mol. The Morgan fingerprint density at radius 3 is 2.61 bits per heavy atom. The van der Waals surface area contributed by atoms with E-state index in [0.717, 1.165) is 17.3 Å². The highest BCUT2D eigenvalue weighted by Crippen LogP contribution is 2.28. The van der Waals surface area contributed by atoms with Crippen LogP contribution in [0.25, 0.3) is 16.4 Å². The van der Waals surface area contributed by atoms with Crippen LogP contribution < -0.4 is 5.56 Å². The number of rotatable bonds is 5. The summed E-state index contributed by atoms with van der Waals surface area (Å²) >= 11 is 1.27. The van der Waals surface area contributed by atoms with Crippen molar-refractivity contribution < 1.29 is 9.31 Å². The molecule has 158 valence electrons. The molecule has 4 rings (SSSR count). The van der Waals surface area contributed by atoms with E-state index in [4.69, 9.17) is 0 Å². The SMILES string of the molecule is Cc1[nH]n(-c2nc(-c3ccccc3)cs2)c(=O)c1N=Nc1cccc([N+](=O)[O-])c1F.Cl. The van der Waals surface area contributed by atoms with Crippen LogP contribution >= 0.6 is 23.7 Å². The minimum atomic E-state index is -1.12. The zero-order valence-electron chi connectivity index (χ0n) is 15.9. The molecule has 0 fully saturated rings. The Hall–Kier alpha value is -3.70. The van der Waals surface area contributed by atoms with E-state index in [1.54, 1.807) is 6.92 Å². The van der Waals surface area contributed by atoms with Crippen LogP contribution in [0.5, 0.6) is 0 Å².